The fourth-order valence-electron chi connectivity index (χ4n) is 2.40. The molecule has 3 aromatic carbocycles. The van der Waals surface area contributed by atoms with Gasteiger partial charge in [0, 0.05) is 11.1 Å². The number of aromatic hydroxyl groups is 1. The second-order valence-corrected chi connectivity index (χ2v) is 6.06. The average Bonchev–Trinajstić information content (AvgIpc) is 2.69. The van der Waals surface area contributed by atoms with Crippen LogP contribution in [0.1, 0.15) is 27.0 Å². The van der Waals surface area contributed by atoms with Gasteiger partial charge in [-0.05, 0) is 48.9 Å². The highest BCUT2D eigenvalue weighted by atomic mass is 16.5. The lowest BCUT2D eigenvalue weighted by Crippen LogP contribution is -2.17. The molecule has 0 aliphatic heterocycles. The molecule has 27 heavy (non-hydrogen) atoms. The number of carbonyl (C=O) groups excluding carboxylic acids is 1. The first-order valence-corrected chi connectivity index (χ1v) is 8.51. The number of hydrogen-bond acceptors (Lipinski definition) is 4. The summed E-state index contributed by atoms with van der Waals surface area (Å²) in [5, 5.41) is 13.3. The number of nitrogens with one attached hydrogen (secondary N) is 1. The SMILES string of the molecule is Cc1ccc(COc2ccccc2/C=N/NC(=O)c2ccc(O)cc2)cc1. The fraction of sp³-hybridized carbons (Fsp3) is 0.0909. The molecule has 5 nitrogen and oxygen atoms in total. The molecule has 0 heterocycles. The topological polar surface area (TPSA) is 70.9 Å². The van der Waals surface area contributed by atoms with Crippen molar-refractivity contribution < 1.29 is 14.6 Å². The van der Waals surface area contributed by atoms with Crippen LogP contribution in [0.5, 0.6) is 11.5 Å². The molecule has 0 aromatic heterocycles. The van der Waals surface area contributed by atoms with Crippen LogP contribution in [-0.2, 0) is 6.61 Å². The number of hydrogen-bond donors (Lipinski definition) is 2. The first-order chi connectivity index (χ1) is 13.1. The third kappa shape index (κ3) is 5.19. The van der Waals surface area contributed by atoms with Crippen LogP contribution in [0.25, 0.3) is 0 Å². The predicted molar refractivity (Wildman–Crippen MR) is 105 cm³/mol. The van der Waals surface area contributed by atoms with E-state index in [1.54, 1.807) is 6.21 Å². The number of nitrogens with zero attached hydrogens (tertiary/aromatic N) is 1. The van der Waals surface area contributed by atoms with E-state index in [-0.39, 0.29) is 11.7 Å². The van der Waals surface area contributed by atoms with Gasteiger partial charge in [0.15, 0.2) is 0 Å². The van der Waals surface area contributed by atoms with Crippen LogP contribution in [0.2, 0.25) is 0 Å². The number of para-hydroxylation sites is 1. The van der Waals surface area contributed by atoms with Gasteiger partial charge in [0.25, 0.3) is 5.91 Å². The maximum absolute atomic E-state index is 12.0. The minimum Gasteiger partial charge on any atom is -0.508 e. The number of hydrazone groups is 1. The molecule has 2 N–H and O–H groups in total. The Balaban J connectivity index is 1.62. The smallest absolute Gasteiger partial charge is 0.271 e. The van der Waals surface area contributed by atoms with Gasteiger partial charge in [-0.2, -0.15) is 5.10 Å². The molecular weight excluding hydrogens is 340 g/mol. The van der Waals surface area contributed by atoms with Crippen LogP contribution in [0, 0.1) is 6.92 Å². The monoisotopic (exact) mass is 360 g/mol. The van der Waals surface area contributed by atoms with Gasteiger partial charge in [0.2, 0.25) is 0 Å². The van der Waals surface area contributed by atoms with Crippen molar-refractivity contribution in [3.05, 3.63) is 95.1 Å². The van der Waals surface area contributed by atoms with E-state index < -0.39 is 0 Å². The van der Waals surface area contributed by atoms with E-state index in [0.717, 1.165) is 11.1 Å². The summed E-state index contributed by atoms with van der Waals surface area (Å²) >= 11 is 0. The number of phenols is 1. The molecule has 136 valence electrons. The normalized spacial score (nSPS) is 10.7. The largest absolute Gasteiger partial charge is 0.508 e. The van der Waals surface area contributed by atoms with Crippen LogP contribution >= 0.6 is 0 Å². The van der Waals surface area contributed by atoms with E-state index in [1.807, 2.05) is 55.5 Å². The summed E-state index contributed by atoms with van der Waals surface area (Å²) in [6.45, 7) is 2.49. The van der Waals surface area contributed by atoms with Crippen molar-refractivity contribution >= 4 is 12.1 Å². The summed E-state index contributed by atoms with van der Waals surface area (Å²) in [6.07, 6.45) is 1.54. The summed E-state index contributed by atoms with van der Waals surface area (Å²) in [5.74, 6) is 0.430. The van der Waals surface area contributed by atoms with Gasteiger partial charge in [-0.15, -0.1) is 0 Å². The molecule has 0 radical (unpaired) electrons. The number of phenolic OH excluding ortho intramolecular Hbond substituents is 1. The molecule has 1 amide bonds. The first kappa shape index (κ1) is 18.2. The first-order valence-electron chi connectivity index (χ1n) is 8.51. The van der Waals surface area contributed by atoms with E-state index >= 15 is 0 Å². The Morgan fingerprint density at radius 2 is 1.74 bits per heavy atom. The van der Waals surface area contributed by atoms with Crippen molar-refractivity contribution in [1.82, 2.24) is 5.43 Å². The molecule has 0 fully saturated rings. The van der Waals surface area contributed by atoms with E-state index in [2.05, 4.69) is 10.5 Å². The van der Waals surface area contributed by atoms with Gasteiger partial charge < -0.3 is 9.84 Å². The molecule has 0 atom stereocenters. The van der Waals surface area contributed by atoms with Gasteiger partial charge in [-0.25, -0.2) is 5.43 Å². The number of rotatable bonds is 6. The molecule has 3 rings (SSSR count). The lowest BCUT2D eigenvalue weighted by molar-refractivity contribution is 0.0955. The molecule has 0 saturated carbocycles. The van der Waals surface area contributed by atoms with E-state index in [1.165, 1.54) is 29.8 Å². The number of ether oxygens (including phenoxy) is 1. The number of aryl methyl sites for hydroxylation is 1. The Kier molecular flexibility index (Phi) is 5.84. The quantitative estimate of drug-likeness (QED) is 0.515. The molecule has 0 aliphatic carbocycles. The lowest BCUT2D eigenvalue weighted by Gasteiger charge is -2.09. The maximum Gasteiger partial charge on any atom is 0.271 e. The molecule has 0 unspecified atom stereocenters. The Labute approximate surface area is 157 Å². The Morgan fingerprint density at radius 3 is 2.48 bits per heavy atom. The van der Waals surface area contributed by atoms with E-state index in [0.29, 0.717) is 17.9 Å². The van der Waals surface area contributed by atoms with Crippen molar-refractivity contribution in [2.24, 2.45) is 5.10 Å². The lowest BCUT2D eigenvalue weighted by atomic mass is 10.1. The van der Waals surface area contributed by atoms with Crippen molar-refractivity contribution in [1.29, 1.82) is 0 Å². The summed E-state index contributed by atoms with van der Waals surface area (Å²) in [7, 11) is 0. The predicted octanol–water partition coefficient (Wildman–Crippen LogP) is 4.04. The third-order valence-electron chi connectivity index (χ3n) is 3.93. The average molecular weight is 360 g/mol. The second-order valence-electron chi connectivity index (χ2n) is 6.06. The van der Waals surface area contributed by atoms with Gasteiger partial charge in [-0.3, -0.25) is 4.79 Å². The minimum absolute atomic E-state index is 0.106. The van der Waals surface area contributed by atoms with Crippen molar-refractivity contribution in [2.45, 2.75) is 13.5 Å². The number of amides is 1. The van der Waals surface area contributed by atoms with Crippen LogP contribution < -0.4 is 10.2 Å². The Bertz CT molecular complexity index is 933. The summed E-state index contributed by atoms with van der Waals surface area (Å²) < 4.78 is 5.89. The molecular formula is C22H20N2O3. The van der Waals surface area contributed by atoms with Crippen molar-refractivity contribution in [3.63, 3.8) is 0 Å². The standard InChI is InChI=1S/C22H20N2O3/c1-16-6-8-17(9-7-16)15-27-21-5-3-2-4-19(21)14-23-24-22(26)18-10-12-20(25)13-11-18/h2-14,25H,15H2,1H3,(H,24,26)/b23-14+. The fourth-order valence-corrected chi connectivity index (χ4v) is 2.40. The minimum atomic E-state index is -0.357. The van der Waals surface area contributed by atoms with Crippen LogP contribution in [0.15, 0.2) is 77.9 Å². The van der Waals surface area contributed by atoms with E-state index in [9.17, 15) is 9.90 Å². The summed E-state index contributed by atoms with van der Waals surface area (Å²) in [4.78, 5) is 12.0. The molecule has 0 aliphatic rings. The molecule has 5 heteroatoms. The number of carbonyl (C=O) groups is 1. The van der Waals surface area contributed by atoms with Crippen LogP contribution in [0.4, 0.5) is 0 Å². The summed E-state index contributed by atoms with van der Waals surface area (Å²) in [5.41, 5.74) is 5.92. The zero-order chi connectivity index (χ0) is 19.1. The third-order valence-corrected chi connectivity index (χ3v) is 3.93. The molecule has 0 spiro atoms. The maximum atomic E-state index is 12.0. The molecule has 3 aromatic rings. The molecule has 0 saturated heterocycles. The van der Waals surface area contributed by atoms with Gasteiger partial charge in [0.1, 0.15) is 18.1 Å². The van der Waals surface area contributed by atoms with Crippen LogP contribution in [-0.4, -0.2) is 17.2 Å². The highest BCUT2D eigenvalue weighted by Gasteiger charge is 2.05. The molecule has 0 bridgehead atoms. The zero-order valence-electron chi connectivity index (χ0n) is 14.9. The second kappa shape index (κ2) is 8.67. The van der Waals surface area contributed by atoms with Crippen LogP contribution in [0.3, 0.4) is 0 Å². The Morgan fingerprint density at radius 1 is 1.04 bits per heavy atom. The highest BCUT2D eigenvalue weighted by Crippen LogP contribution is 2.18. The number of benzene rings is 3. The van der Waals surface area contributed by atoms with Gasteiger partial charge in [0.05, 0.1) is 6.21 Å². The van der Waals surface area contributed by atoms with Gasteiger partial charge in [-0.1, -0.05) is 42.0 Å². The van der Waals surface area contributed by atoms with Crippen molar-refractivity contribution in [2.75, 3.05) is 0 Å². The highest BCUT2D eigenvalue weighted by molar-refractivity contribution is 5.95. The van der Waals surface area contributed by atoms with Gasteiger partial charge >= 0.3 is 0 Å². The Hall–Kier alpha value is -3.60. The summed E-state index contributed by atoms with van der Waals surface area (Å²) in [6, 6.07) is 21.6. The van der Waals surface area contributed by atoms with E-state index in [4.69, 9.17) is 4.74 Å². The van der Waals surface area contributed by atoms with Crippen molar-refractivity contribution in [3.8, 4) is 11.5 Å². The zero-order valence-corrected chi connectivity index (χ0v) is 14.9.